The lowest BCUT2D eigenvalue weighted by Crippen LogP contribution is -2.24. The van der Waals surface area contributed by atoms with Crippen LogP contribution in [0, 0.1) is 5.92 Å². The molecule has 0 unspecified atom stereocenters. The average Bonchev–Trinajstić information content (AvgIpc) is 2.39. The lowest BCUT2D eigenvalue weighted by molar-refractivity contribution is 0.111. The molecule has 6 heteroatoms. The molecule has 0 radical (unpaired) electrons. The van der Waals surface area contributed by atoms with Crippen LogP contribution in [0.5, 0.6) is 5.88 Å². The monoisotopic (exact) mass is 315 g/mol. The highest BCUT2D eigenvalue weighted by atomic mass is 79.9. The lowest BCUT2D eigenvalue weighted by Gasteiger charge is -2.25. The number of ether oxygens (including phenoxy) is 1. The average molecular weight is 316 g/mol. The number of aliphatic hydroxyl groups is 1. The molecular formula is C12H18BrN3O2. The quantitative estimate of drug-likeness (QED) is 0.891. The number of rotatable bonds is 4. The SMILES string of the molecule is COc1nc(NCC2CCC(O)CC2)ncc1Br. The molecule has 18 heavy (non-hydrogen) atoms. The normalized spacial score (nSPS) is 23.7. The van der Waals surface area contributed by atoms with E-state index in [0.717, 1.165) is 36.7 Å². The summed E-state index contributed by atoms with van der Waals surface area (Å²) in [5.41, 5.74) is 0. The Morgan fingerprint density at radius 3 is 2.83 bits per heavy atom. The predicted octanol–water partition coefficient (Wildman–Crippen LogP) is 2.21. The van der Waals surface area contributed by atoms with E-state index in [4.69, 9.17) is 4.74 Å². The van der Waals surface area contributed by atoms with E-state index in [0.29, 0.717) is 17.7 Å². The molecule has 1 aliphatic carbocycles. The van der Waals surface area contributed by atoms with Gasteiger partial charge in [-0.25, -0.2) is 4.98 Å². The van der Waals surface area contributed by atoms with Crippen molar-refractivity contribution in [1.29, 1.82) is 0 Å². The zero-order valence-corrected chi connectivity index (χ0v) is 12.0. The van der Waals surface area contributed by atoms with E-state index in [1.807, 2.05) is 0 Å². The van der Waals surface area contributed by atoms with Crippen molar-refractivity contribution in [2.24, 2.45) is 5.92 Å². The third-order valence-corrected chi connectivity index (χ3v) is 3.81. The van der Waals surface area contributed by atoms with Gasteiger partial charge in [0.2, 0.25) is 11.8 Å². The summed E-state index contributed by atoms with van der Waals surface area (Å²) in [6.45, 7) is 0.845. The van der Waals surface area contributed by atoms with Gasteiger partial charge in [0, 0.05) is 6.54 Å². The summed E-state index contributed by atoms with van der Waals surface area (Å²) in [5.74, 6) is 1.71. The van der Waals surface area contributed by atoms with Crippen LogP contribution in [0.3, 0.4) is 0 Å². The largest absolute Gasteiger partial charge is 0.480 e. The van der Waals surface area contributed by atoms with Gasteiger partial charge >= 0.3 is 0 Å². The second kappa shape index (κ2) is 6.33. The van der Waals surface area contributed by atoms with Crippen LogP contribution in [0.2, 0.25) is 0 Å². The number of halogens is 1. The Kier molecular flexibility index (Phi) is 4.77. The number of aromatic nitrogens is 2. The molecule has 2 N–H and O–H groups in total. The first-order valence-corrected chi connectivity index (χ1v) is 6.97. The fraction of sp³-hybridized carbons (Fsp3) is 0.667. The van der Waals surface area contributed by atoms with Gasteiger partial charge in [-0.3, -0.25) is 0 Å². The molecule has 1 heterocycles. The van der Waals surface area contributed by atoms with Crippen LogP contribution in [0.1, 0.15) is 25.7 Å². The van der Waals surface area contributed by atoms with Crippen LogP contribution in [0.25, 0.3) is 0 Å². The zero-order valence-electron chi connectivity index (χ0n) is 10.4. The van der Waals surface area contributed by atoms with Crippen LogP contribution >= 0.6 is 15.9 Å². The highest BCUT2D eigenvalue weighted by molar-refractivity contribution is 9.10. The molecule has 0 spiro atoms. The van der Waals surface area contributed by atoms with Crippen molar-refractivity contribution in [3.8, 4) is 5.88 Å². The minimum absolute atomic E-state index is 0.106. The summed E-state index contributed by atoms with van der Waals surface area (Å²) < 4.78 is 5.87. The molecule has 0 bridgehead atoms. The Bertz CT molecular complexity index is 395. The van der Waals surface area contributed by atoms with Gasteiger partial charge in [-0.2, -0.15) is 4.98 Å². The smallest absolute Gasteiger partial charge is 0.232 e. The van der Waals surface area contributed by atoms with Crippen LogP contribution < -0.4 is 10.1 Å². The molecular weight excluding hydrogens is 298 g/mol. The van der Waals surface area contributed by atoms with Crippen LogP contribution in [-0.4, -0.2) is 34.8 Å². The van der Waals surface area contributed by atoms with Crippen molar-refractivity contribution in [3.63, 3.8) is 0 Å². The Morgan fingerprint density at radius 2 is 2.17 bits per heavy atom. The van der Waals surface area contributed by atoms with E-state index in [1.165, 1.54) is 0 Å². The van der Waals surface area contributed by atoms with Crippen molar-refractivity contribution in [2.45, 2.75) is 31.8 Å². The van der Waals surface area contributed by atoms with E-state index in [2.05, 4.69) is 31.2 Å². The van der Waals surface area contributed by atoms with Gasteiger partial charge in [-0.15, -0.1) is 0 Å². The van der Waals surface area contributed by atoms with Crippen molar-refractivity contribution in [2.75, 3.05) is 19.0 Å². The summed E-state index contributed by atoms with van der Waals surface area (Å²) >= 11 is 3.32. The minimum Gasteiger partial charge on any atom is -0.480 e. The summed E-state index contributed by atoms with van der Waals surface area (Å²) in [5, 5.41) is 12.7. The van der Waals surface area contributed by atoms with Gasteiger partial charge < -0.3 is 15.2 Å². The Balaban J connectivity index is 1.86. The number of nitrogens with one attached hydrogen (secondary N) is 1. The van der Waals surface area contributed by atoms with Crippen LogP contribution in [0.4, 0.5) is 5.95 Å². The Hall–Kier alpha value is -0.880. The van der Waals surface area contributed by atoms with Crippen LogP contribution in [0.15, 0.2) is 10.7 Å². The number of nitrogens with zero attached hydrogens (tertiary/aromatic N) is 2. The summed E-state index contributed by atoms with van der Waals surface area (Å²) in [6.07, 6.45) is 5.49. The Morgan fingerprint density at radius 1 is 1.44 bits per heavy atom. The number of hydrogen-bond acceptors (Lipinski definition) is 5. The molecule has 0 aliphatic heterocycles. The second-order valence-corrected chi connectivity index (χ2v) is 5.46. The van der Waals surface area contributed by atoms with Gasteiger partial charge in [0.1, 0.15) is 0 Å². The van der Waals surface area contributed by atoms with Crippen molar-refractivity contribution >= 4 is 21.9 Å². The number of hydrogen-bond donors (Lipinski definition) is 2. The molecule has 1 aromatic heterocycles. The third kappa shape index (κ3) is 3.55. The van der Waals surface area contributed by atoms with E-state index in [-0.39, 0.29) is 6.10 Å². The maximum absolute atomic E-state index is 9.44. The first-order chi connectivity index (χ1) is 8.69. The summed E-state index contributed by atoms with van der Waals surface area (Å²) in [6, 6.07) is 0. The maximum Gasteiger partial charge on any atom is 0.232 e. The van der Waals surface area contributed by atoms with E-state index in [1.54, 1.807) is 13.3 Å². The number of anilines is 1. The van der Waals surface area contributed by atoms with E-state index in [9.17, 15) is 5.11 Å². The first-order valence-electron chi connectivity index (χ1n) is 6.17. The fourth-order valence-electron chi connectivity index (χ4n) is 2.16. The van der Waals surface area contributed by atoms with Gasteiger partial charge in [-0.1, -0.05) is 0 Å². The molecule has 100 valence electrons. The zero-order chi connectivity index (χ0) is 13.0. The maximum atomic E-state index is 9.44. The highest BCUT2D eigenvalue weighted by Crippen LogP contribution is 2.25. The van der Waals surface area contributed by atoms with Gasteiger partial charge in [0.15, 0.2) is 0 Å². The van der Waals surface area contributed by atoms with Gasteiger partial charge in [0.25, 0.3) is 0 Å². The van der Waals surface area contributed by atoms with E-state index >= 15 is 0 Å². The Labute approximate surface area is 115 Å². The number of methoxy groups -OCH3 is 1. The predicted molar refractivity (Wildman–Crippen MR) is 72.7 cm³/mol. The summed E-state index contributed by atoms with van der Waals surface area (Å²) in [7, 11) is 1.58. The number of aliphatic hydroxyl groups excluding tert-OH is 1. The molecule has 0 amide bonds. The molecule has 1 saturated carbocycles. The topological polar surface area (TPSA) is 67.3 Å². The van der Waals surface area contributed by atoms with Gasteiger partial charge in [-0.05, 0) is 47.5 Å². The highest BCUT2D eigenvalue weighted by Gasteiger charge is 2.19. The molecule has 0 atom stereocenters. The minimum atomic E-state index is -0.106. The molecule has 1 fully saturated rings. The van der Waals surface area contributed by atoms with E-state index < -0.39 is 0 Å². The molecule has 1 aliphatic rings. The molecule has 5 nitrogen and oxygen atoms in total. The molecule has 2 rings (SSSR count). The van der Waals surface area contributed by atoms with Crippen molar-refractivity contribution < 1.29 is 9.84 Å². The third-order valence-electron chi connectivity index (χ3n) is 3.27. The van der Waals surface area contributed by atoms with Crippen molar-refractivity contribution in [3.05, 3.63) is 10.7 Å². The fourth-order valence-corrected chi connectivity index (χ4v) is 2.52. The lowest BCUT2D eigenvalue weighted by atomic mass is 9.87. The summed E-state index contributed by atoms with van der Waals surface area (Å²) in [4.78, 5) is 8.44. The molecule has 0 saturated heterocycles. The standard InChI is InChI=1S/C12H18BrN3O2/c1-18-11-10(13)7-15-12(16-11)14-6-8-2-4-9(17)5-3-8/h7-9,17H,2-6H2,1H3,(H,14,15,16). The first kappa shape index (κ1) is 13.5. The molecule has 1 aromatic rings. The second-order valence-electron chi connectivity index (χ2n) is 4.61. The molecule has 0 aromatic carbocycles. The van der Waals surface area contributed by atoms with Gasteiger partial charge in [0.05, 0.1) is 23.9 Å². The van der Waals surface area contributed by atoms with Crippen LogP contribution in [-0.2, 0) is 0 Å². The van der Waals surface area contributed by atoms with Crippen molar-refractivity contribution in [1.82, 2.24) is 9.97 Å².